The molecule has 0 aliphatic rings. The van der Waals surface area contributed by atoms with Gasteiger partial charge in [0.05, 0.1) is 26.1 Å². The SMILES string of the molecule is CN=c1scc(-c2ccc(F)cc2)n1/N=C\c1cccc(OC)c1OC. The third kappa shape index (κ3) is 3.52. The standard InChI is InChI=1S/C19H18FN3O2S/c1-21-19-23(16(12-26-19)13-7-9-15(20)10-8-13)22-11-14-5-4-6-17(24-2)18(14)25-3/h4-12H,1-3H3/b21-19?,22-11-. The molecule has 1 heterocycles. The lowest BCUT2D eigenvalue weighted by Crippen LogP contribution is -2.11. The number of aromatic nitrogens is 1. The zero-order chi connectivity index (χ0) is 18.5. The van der Waals surface area contributed by atoms with E-state index in [4.69, 9.17) is 9.47 Å². The number of ether oxygens (including phenoxy) is 2. The van der Waals surface area contributed by atoms with Crippen LogP contribution in [0.4, 0.5) is 4.39 Å². The van der Waals surface area contributed by atoms with E-state index in [1.165, 1.54) is 23.5 Å². The van der Waals surface area contributed by atoms with Crippen molar-refractivity contribution < 1.29 is 13.9 Å². The van der Waals surface area contributed by atoms with Crippen molar-refractivity contribution in [2.75, 3.05) is 21.3 Å². The summed E-state index contributed by atoms with van der Waals surface area (Å²) >= 11 is 1.46. The highest BCUT2D eigenvalue weighted by molar-refractivity contribution is 7.07. The minimum Gasteiger partial charge on any atom is -0.493 e. The minimum atomic E-state index is -0.277. The summed E-state index contributed by atoms with van der Waals surface area (Å²) in [5.41, 5.74) is 2.46. The normalized spacial score (nSPS) is 11.9. The molecule has 0 radical (unpaired) electrons. The van der Waals surface area contributed by atoms with Crippen LogP contribution in [0, 0.1) is 5.82 Å². The summed E-state index contributed by atoms with van der Waals surface area (Å²) in [5, 5.41) is 6.51. The Kier molecular flexibility index (Phi) is 5.48. The molecule has 26 heavy (non-hydrogen) atoms. The fourth-order valence-corrected chi connectivity index (χ4v) is 3.32. The molecule has 1 aromatic heterocycles. The first-order chi connectivity index (χ1) is 12.7. The van der Waals surface area contributed by atoms with Crippen LogP contribution in [0.15, 0.2) is 57.9 Å². The topological polar surface area (TPSA) is 48.1 Å². The number of hydrogen-bond donors (Lipinski definition) is 0. The van der Waals surface area contributed by atoms with Crippen molar-refractivity contribution in [1.82, 2.24) is 4.68 Å². The second kappa shape index (κ2) is 7.97. The molecule has 0 amide bonds. The van der Waals surface area contributed by atoms with E-state index in [1.807, 2.05) is 23.6 Å². The first-order valence-electron chi connectivity index (χ1n) is 7.82. The highest BCUT2D eigenvalue weighted by atomic mass is 32.1. The zero-order valence-corrected chi connectivity index (χ0v) is 15.5. The smallest absolute Gasteiger partial charge is 0.205 e. The van der Waals surface area contributed by atoms with Crippen molar-refractivity contribution >= 4 is 17.6 Å². The molecule has 134 valence electrons. The molecule has 0 bridgehead atoms. The average molecular weight is 371 g/mol. The molecule has 3 aromatic rings. The second-order valence-corrected chi connectivity index (χ2v) is 6.11. The predicted molar refractivity (Wildman–Crippen MR) is 102 cm³/mol. The lowest BCUT2D eigenvalue weighted by molar-refractivity contribution is 0.354. The number of hydrogen-bond acceptors (Lipinski definition) is 5. The molecule has 0 N–H and O–H groups in total. The summed E-state index contributed by atoms with van der Waals surface area (Å²) in [5.74, 6) is 0.958. The Bertz CT molecular complexity index is 991. The molecule has 5 nitrogen and oxygen atoms in total. The Morgan fingerprint density at radius 1 is 1.08 bits per heavy atom. The van der Waals surface area contributed by atoms with Gasteiger partial charge in [0.1, 0.15) is 5.82 Å². The van der Waals surface area contributed by atoms with Crippen molar-refractivity contribution in [3.05, 3.63) is 64.0 Å². The van der Waals surface area contributed by atoms with E-state index in [2.05, 4.69) is 10.1 Å². The Balaban J connectivity index is 2.07. The van der Waals surface area contributed by atoms with E-state index in [9.17, 15) is 4.39 Å². The number of methoxy groups -OCH3 is 2. The van der Waals surface area contributed by atoms with E-state index in [0.717, 1.165) is 21.6 Å². The molecule has 0 saturated carbocycles. The highest BCUT2D eigenvalue weighted by Gasteiger charge is 2.10. The molecule has 0 fully saturated rings. The van der Waals surface area contributed by atoms with Gasteiger partial charge in [-0.1, -0.05) is 6.07 Å². The van der Waals surface area contributed by atoms with Crippen molar-refractivity contribution in [2.45, 2.75) is 0 Å². The predicted octanol–water partition coefficient (Wildman–Crippen LogP) is 3.79. The van der Waals surface area contributed by atoms with E-state index in [-0.39, 0.29) is 5.82 Å². The molecular weight excluding hydrogens is 353 g/mol. The molecule has 0 aliphatic heterocycles. The summed E-state index contributed by atoms with van der Waals surface area (Å²) in [6.07, 6.45) is 1.69. The number of benzene rings is 2. The third-order valence-electron chi connectivity index (χ3n) is 3.76. The van der Waals surface area contributed by atoms with Crippen molar-refractivity contribution in [3.8, 4) is 22.8 Å². The van der Waals surface area contributed by atoms with Crippen molar-refractivity contribution in [2.24, 2.45) is 10.1 Å². The van der Waals surface area contributed by atoms with Crippen LogP contribution in [0.1, 0.15) is 5.56 Å². The van der Waals surface area contributed by atoms with Gasteiger partial charge in [-0.3, -0.25) is 4.99 Å². The van der Waals surface area contributed by atoms with E-state index >= 15 is 0 Å². The number of para-hydroxylation sites is 1. The molecule has 2 aromatic carbocycles. The summed E-state index contributed by atoms with van der Waals surface area (Å²) in [4.78, 5) is 4.99. The maximum Gasteiger partial charge on any atom is 0.205 e. The minimum absolute atomic E-state index is 0.277. The molecule has 3 rings (SSSR count). The fourth-order valence-electron chi connectivity index (χ4n) is 2.51. The Labute approximate surface area is 154 Å². The second-order valence-electron chi connectivity index (χ2n) is 5.27. The maximum absolute atomic E-state index is 13.2. The number of nitrogens with zero attached hydrogens (tertiary/aromatic N) is 3. The summed E-state index contributed by atoms with van der Waals surface area (Å²) in [6, 6.07) is 11.9. The van der Waals surface area contributed by atoms with Gasteiger partial charge < -0.3 is 9.47 Å². The van der Waals surface area contributed by atoms with Gasteiger partial charge in [0.15, 0.2) is 11.5 Å². The average Bonchev–Trinajstić information content (AvgIpc) is 3.09. The summed E-state index contributed by atoms with van der Waals surface area (Å²) in [6.45, 7) is 0. The van der Waals surface area contributed by atoms with Crippen LogP contribution in [0.3, 0.4) is 0 Å². The van der Waals surface area contributed by atoms with Gasteiger partial charge in [-0.15, -0.1) is 11.3 Å². The van der Waals surface area contributed by atoms with Gasteiger partial charge in [-0.05, 0) is 36.4 Å². The first-order valence-corrected chi connectivity index (χ1v) is 8.70. The van der Waals surface area contributed by atoms with E-state index < -0.39 is 0 Å². The van der Waals surface area contributed by atoms with Crippen LogP contribution in [0.25, 0.3) is 11.3 Å². The number of thiazole rings is 1. The molecule has 0 saturated heterocycles. The molecular formula is C19H18FN3O2S. The lowest BCUT2D eigenvalue weighted by Gasteiger charge is -2.09. The molecule has 0 unspecified atom stereocenters. The van der Waals surface area contributed by atoms with Crippen LogP contribution >= 0.6 is 11.3 Å². The van der Waals surface area contributed by atoms with Gasteiger partial charge in [-0.2, -0.15) is 5.10 Å². The Morgan fingerprint density at radius 2 is 1.85 bits per heavy atom. The lowest BCUT2D eigenvalue weighted by atomic mass is 10.2. The number of halogens is 1. The first kappa shape index (κ1) is 17.9. The zero-order valence-electron chi connectivity index (χ0n) is 14.6. The van der Waals surface area contributed by atoms with Crippen LogP contribution < -0.4 is 14.3 Å². The van der Waals surface area contributed by atoms with Gasteiger partial charge in [-0.25, -0.2) is 9.07 Å². The summed E-state index contributed by atoms with van der Waals surface area (Å²) in [7, 11) is 4.88. The molecule has 7 heteroatoms. The maximum atomic E-state index is 13.2. The quantitative estimate of drug-likeness (QED) is 0.641. The largest absolute Gasteiger partial charge is 0.493 e. The molecule has 0 spiro atoms. The van der Waals surface area contributed by atoms with Crippen LogP contribution in [-0.2, 0) is 0 Å². The molecule has 0 aliphatic carbocycles. The Morgan fingerprint density at radius 3 is 2.50 bits per heavy atom. The third-order valence-corrected chi connectivity index (χ3v) is 4.67. The van der Waals surface area contributed by atoms with Crippen LogP contribution in [0.2, 0.25) is 0 Å². The van der Waals surface area contributed by atoms with E-state index in [0.29, 0.717) is 11.5 Å². The fraction of sp³-hybridized carbons (Fsp3) is 0.158. The van der Waals surface area contributed by atoms with Crippen molar-refractivity contribution in [3.63, 3.8) is 0 Å². The van der Waals surface area contributed by atoms with Gasteiger partial charge >= 0.3 is 0 Å². The van der Waals surface area contributed by atoms with Gasteiger partial charge in [0, 0.05) is 23.6 Å². The van der Waals surface area contributed by atoms with Crippen molar-refractivity contribution in [1.29, 1.82) is 0 Å². The van der Waals surface area contributed by atoms with Gasteiger partial charge in [0.2, 0.25) is 4.80 Å². The van der Waals surface area contributed by atoms with E-state index in [1.54, 1.807) is 44.3 Å². The molecule has 0 atom stereocenters. The van der Waals surface area contributed by atoms with Crippen LogP contribution in [-0.4, -0.2) is 32.2 Å². The van der Waals surface area contributed by atoms with Gasteiger partial charge in [0.25, 0.3) is 0 Å². The monoisotopic (exact) mass is 371 g/mol. The highest BCUT2D eigenvalue weighted by Crippen LogP contribution is 2.29. The number of rotatable bonds is 5. The summed E-state index contributed by atoms with van der Waals surface area (Å²) < 4.78 is 25.7. The van der Waals surface area contributed by atoms with Crippen LogP contribution in [0.5, 0.6) is 11.5 Å². The Hall–Kier alpha value is -2.93.